The van der Waals surface area contributed by atoms with Crippen molar-refractivity contribution in [2.45, 2.75) is 57.6 Å². The average molecular weight is 449 g/mol. The number of hydrogen-bond donors (Lipinski definition) is 1. The Bertz CT molecular complexity index is 1090. The van der Waals surface area contributed by atoms with Gasteiger partial charge in [-0.1, -0.05) is 13.8 Å². The second kappa shape index (κ2) is 8.62. The first-order chi connectivity index (χ1) is 14.8. The summed E-state index contributed by atoms with van der Waals surface area (Å²) in [6.07, 6.45) is 4.49. The van der Waals surface area contributed by atoms with Gasteiger partial charge in [0, 0.05) is 36.8 Å². The van der Waals surface area contributed by atoms with Crippen LogP contribution < -0.4 is 5.32 Å². The molecule has 1 N–H and O–H groups in total. The third-order valence-corrected chi connectivity index (χ3v) is 8.12. The Morgan fingerprint density at radius 2 is 2.16 bits per heavy atom. The summed E-state index contributed by atoms with van der Waals surface area (Å²) in [6.45, 7) is 4.41. The largest absolute Gasteiger partial charge is 0.375 e. The fourth-order valence-corrected chi connectivity index (χ4v) is 6.50. The van der Waals surface area contributed by atoms with Crippen molar-refractivity contribution in [3.63, 3.8) is 0 Å². The van der Waals surface area contributed by atoms with Gasteiger partial charge in [-0.05, 0) is 54.2 Å². The lowest BCUT2D eigenvalue weighted by molar-refractivity contribution is -0.118. The van der Waals surface area contributed by atoms with E-state index in [0.717, 1.165) is 0 Å². The van der Waals surface area contributed by atoms with E-state index in [1.807, 2.05) is 13.8 Å². The van der Waals surface area contributed by atoms with Gasteiger partial charge in [-0.15, -0.1) is 5.10 Å². The van der Waals surface area contributed by atoms with Crippen LogP contribution in [-0.2, 0) is 19.3 Å². The van der Waals surface area contributed by atoms with Crippen LogP contribution in [-0.4, -0.2) is 65.8 Å². The minimum Gasteiger partial charge on any atom is -0.375 e. The fourth-order valence-electron chi connectivity index (χ4n) is 4.29. The smallest absolute Gasteiger partial charge is 0.255 e. The zero-order chi connectivity index (χ0) is 22.1. The Kier molecular flexibility index (Phi) is 6.07. The first-order valence-electron chi connectivity index (χ1n) is 10.6. The molecule has 2 amide bonds. The van der Waals surface area contributed by atoms with Crippen molar-refractivity contribution in [3.8, 4) is 0 Å². The number of aromatic nitrogens is 4. The summed E-state index contributed by atoms with van der Waals surface area (Å²) >= 11 is 0. The normalized spacial score (nSPS) is 28.7. The maximum Gasteiger partial charge on any atom is 0.255 e. The van der Waals surface area contributed by atoms with Crippen molar-refractivity contribution in [1.82, 2.24) is 25.4 Å². The van der Waals surface area contributed by atoms with E-state index in [1.54, 1.807) is 18.3 Å². The van der Waals surface area contributed by atoms with Crippen LogP contribution in [0.5, 0.6) is 0 Å². The monoisotopic (exact) mass is 448 g/mol. The van der Waals surface area contributed by atoms with E-state index in [4.69, 9.17) is 4.74 Å². The highest BCUT2D eigenvalue weighted by Gasteiger charge is 2.42. The van der Waals surface area contributed by atoms with Crippen molar-refractivity contribution < 1.29 is 18.5 Å². The van der Waals surface area contributed by atoms with Crippen LogP contribution >= 0.6 is 0 Å². The molecule has 168 valence electrons. The number of amides is 2. The molecule has 2 aliphatic heterocycles. The summed E-state index contributed by atoms with van der Waals surface area (Å²) in [7, 11) is -2.53. The van der Waals surface area contributed by atoms with E-state index >= 15 is 0 Å². The topological polar surface area (TPSA) is 128 Å². The Balaban J connectivity index is 1.40. The van der Waals surface area contributed by atoms with E-state index in [-0.39, 0.29) is 23.8 Å². The van der Waals surface area contributed by atoms with Crippen molar-refractivity contribution >= 4 is 27.2 Å². The predicted molar refractivity (Wildman–Crippen MR) is 114 cm³/mol. The van der Waals surface area contributed by atoms with Crippen LogP contribution in [0.1, 0.15) is 56.3 Å². The highest BCUT2D eigenvalue weighted by molar-refractivity contribution is 7.93. The first-order valence-corrected chi connectivity index (χ1v) is 12.5. The summed E-state index contributed by atoms with van der Waals surface area (Å²) in [5.41, 5.74) is 0.393. The molecule has 11 heteroatoms. The molecular formula is C20H28N6O4S. The molecule has 2 aliphatic rings. The molecule has 4 rings (SSSR count). The summed E-state index contributed by atoms with van der Waals surface area (Å²) < 4.78 is 24.7. The van der Waals surface area contributed by atoms with Crippen molar-refractivity contribution in [3.05, 3.63) is 23.9 Å². The lowest BCUT2D eigenvalue weighted by Gasteiger charge is -2.44. The Labute approximate surface area is 181 Å². The summed E-state index contributed by atoms with van der Waals surface area (Å²) in [5.74, 6) is 0.392. The second-order valence-electron chi connectivity index (χ2n) is 8.83. The molecule has 1 unspecified atom stereocenters. The molecule has 0 aromatic carbocycles. The SMILES string of the molecule is CC(C)CC(=O)N=S1(=O)CCC2(CC1)CC(NC(=O)c1cccn3nnnc13)CCO2. The number of nitrogens with zero attached hydrogens (tertiary/aromatic N) is 5. The molecule has 0 aliphatic carbocycles. The molecule has 1 atom stereocenters. The van der Waals surface area contributed by atoms with Gasteiger partial charge in [0.25, 0.3) is 11.8 Å². The van der Waals surface area contributed by atoms with Gasteiger partial charge in [0.1, 0.15) is 0 Å². The third-order valence-electron chi connectivity index (χ3n) is 5.90. The summed E-state index contributed by atoms with van der Waals surface area (Å²) in [6, 6.07) is 3.36. The average Bonchev–Trinajstić information content (AvgIpc) is 3.19. The molecule has 2 fully saturated rings. The van der Waals surface area contributed by atoms with Gasteiger partial charge in [-0.3, -0.25) is 9.59 Å². The van der Waals surface area contributed by atoms with Crippen LogP contribution in [0.2, 0.25) is 0 Å². The number of hydrogen-bond acceptors (Lipinski definition) is 7. The van der Waals surface area contributed by atoms with Crippen molar-refractivity contribution in [2.24, 2.45) is 10.3 Å². The Hall–Kier alpha value is -2.40. The third kappa shape index (κ3) is 4.93. The molecular weight excluding hydrogens is 420 g/mol. The predicted octanol–water partition coefficient (Wildman–Crippen LogP) is 1.61. The fraction of sp³-hybridized carbons (Fsp3) is 0.650. The van der Waals surface area contributed by atoms with Gasteiger partial charge in [-0.25, -0.2) is 4.21 Å². The van der Waals surface area contributed by atoms with Crippen molar-refractivity contribution in [1.29, 1.82) is 0 Å². The van der Waals surface area contributed by atoms with Gasteiger partial charge in [-0.2, -0.15) is 8.88 Å². The standard InChI is InChI=1S/C20H28N6O4S/c1-14(2)12-17(27)23-31(29)10-6-20(7-11-31)13-15(5-9-30-20)21-19(28)16-4-3-8-26-18(16)22-24-25-26/h3-4,8,14-15H,5-7,9-13H2,1-2H3,(H,21,28). The molecule has 2 aromatic rings. The minimum atomic E-state index is -2.53. The lowest BCUT2D eigenvalue weighted by atomic mass is 9.85. The summed E-state index contributed by atoms with van der Waals surface area (Å²) in [5, 5.41) is 14.4. The summed E-state index contributed by atoms with van der Waals surface area (Å²) in [4.78, 5) is 24.9. The number of carbonyl (C=O) groups is 2. The number of nitrogens with one attached hydrogen (secondary N) is 1. The molecule has 2 saturated heterocycles. The van der Waals surface area contributed by atoms with Gasteiger partial charge in [0.05, 0.1) is 20.9 Å². The van der Waals surface area contributed by atoms with Gasteiger partial charge in [0.2, 0.25) is 0 Å². The number of rotatable bonds is 4. The van der Waals surface area contributed by atoms with Crippen LogP contribution in [0.3, 0.4) is 0 Å². The van der Waals surface area contributed by atoms with Crippen LogP contribution in [0.4, 0.5) is 0 Å². The zero-order valence-electron chi connectivity index (χ0n) is 17.8. The van der Waals surface area contributed by atoms with Crippen LogP contribution in [0, 0.1) is 5.92 Å². The minimum absolute atomic E-state index is 0.0638. The van der Waals surface area contributed by atoms with Gasteiger partial charge in [0.15, 0.2) is 5.65 Å². The molecule has 2 aromatic heterocycles. The number of ether oxygens (including phenoxy) is 1. The Morgan fingerprint density at radius 1 is 1.39 bits per heavy atom. The maximum absolute atomic E-state index is 13.0. The molecule has 0 saturated carbocycles. The van der Waals surface area contributed by atoms with E-state index in [0.29, 0.717) is 61.4 Å². The quantitative estimate of drug-likeness (QED) is 0.752. The number of tetrazole rings is 1. The number of carbonyl (C=O) groups excluding carboxylic acids is 2. The van der Waals surface area contributed by atoms with E-state index in [1.165, 1.54) is 4.52 Å². The van der Waals surface area contributed by atoms with Crippen LogP contribution in [0.15, 0.2) is 22.7 Å². The number of pyridine rings is 1. The second-order valence-corrected chi connectivity index (χ2v) is 11.4. The van der Waals surface area contributed by atoms with Gasteiger partial charge >= 0.3 is 0 Å². The molecule has 1 spiro atoms. The van der Waals surface area contributed by atoms with E-state index < -0.39 is 15.3 Å². The highest BCUT2D eigenvalue weighted by atomic mass is 32.2. The Morgan fingerprint density at radius 3 is 2.90 bits per heavy atom. The number of fused-ring (bicyclic) bond motifs is 1. The molecule has 4 heterocycles. The molecule has 0 radical (unpaired) electrons. The van der Waals surface area contributed by atoms with E-state index in [9.17, 15) is 13.8 Å². The zero-order valence-corrected chi connectivity index (χ0v) is 18.6. The molecule has 10 nitrogen and oxygen atoms in total. The van der Waals surface area contributed by atoms with Crippen LogP contribution in [0.25, 0.3) is 5.65 Å². The van der Waals surface area contributed by atoms with E-state index in [2.05, 4.69) is 25.2 Å². The lowest BCUT2D eigenvalue weighted by Crippen LogP contribution is -2.52. The molecule has 31 heavy (non-hydrogen) atoms. The highest BCUT2D eigenvalue weighted by Crippen LogP contribution is 2.36. The maximum atomic E-state index is 13.0. The first kappa shape index (κ1) is 21.8. The van der Waals surface area contributed by atoms with Crippen molar-refractivity contribution in [2.75, 3.05) is 18.1 Å². The van der Waals surface area contributed by atoms with Gasteiger partial charge < -0.3 is 10.1 Å². The molecule has 0 bridgehead atoms.